The second-order valence-corrected chi connectivity index (χ2v) is 6.68. The van der Waals surface area contributed by atoms with Gasteiger partial charge in [-0.2, -0.15) is 10.1 Å². The van der Waals surface area contributed by atoms with Gasteiger partial charge in [-0.1, -0.05) is 59.6 Å². The molecule has 2 aromatic rings. The highest BCUT2D eigenvalue weighted by Gasteiger charge is 2.29. The summed E-state index contributed by atoms with van der Waals surface area (Å²) in [4.78, 5) is 24.6. The third kappa shape index (κ3) is 3.75. The molecule has 8 heteroatoms. The van der Waals surface area contributed by atoms with E-state index in [9.17, 15) is 9.59 Å². The minimum Gasteiger partial charge on any atom is -0.308 e. The van der Waals surface area contributed by atoms with Crippen LogP contribution in [0.5, 0.6) is 0 Å². The first-order valence-electron chi connectivity index (χ1n) is 7.48. The van der Waals surface area contributed by atoms with E-state index in [-0.39, 0.29) is 39.8 Å². The van der Waals surface area contributed by atoms with Crippen molar-refractivity contribution in [3.05, 3.63) is 69.2 Å². The van der Waals surface area contributed by atoms with Crippen molar-refractivity contribution in [1.82, 2.24) is 5.32 Å². The number of halogens is 3. The summed E-state index contributed by atoms with van der Waals surface area (Å²) in [6.07, 6.45) is 1.60. The van der Waals surface area contributed by atoms with Crippen LogP contribution in [0.1, 0.15) is 22.3 Å². The first-order chi connectivity index (χ1) is 12.4. The maximum absolute atomic E-state index is 12.3. The number of hydrogen-bond acceptors (Lipinski definition) is 3. The molecule has 0 bridgehead atoms. The number of nitrogens with zero attached hydrogens (tertiary/aromatic N) is 2. The summed E-state index contributed by atoms with van der Waals surface area (Å²) in [6, 6.07) is 9.78. The van der Waals surface area contributed by atoms with Crippen LogP contribution in [0, 0.1) is 0 Å². The van der Waals surface area contributed by atoms with Crippen LogP contribution in [-0.2, 0) is 4.79 Å². The highest BCUT2D eigenvalue weighted by atomic mass is 35.5. The Kier molecular flexibility index (Phi) is 5.32. The molecule has 0 saturated carbocycles. The molecule has 1 heterocycles. The molecule has 2 amide bonds. The van der Waals surface area contributed by atoms with E-state index in [2.05, 4.69) is 17.0 Å². The van der Waals surface area contributed by atoms with Crippen molar-refractivity contribution in [2.75, 3.05) is 5.01 Å². The van der Waals surface area contributed by atoms with E-state index in [1.165, 1.54) is 12.1 Å². The van der Waals surface area contributed by atoms with Crippen LogP contribution < -0.4 is 10.3 Å². The second-order valence-electron chi connectivity index (χ2n) is 5.43. The van der Waals surface area contributed by atoms with Gasteiger partial charge in [0.15, 0.2) is 0 Å². The van der Waals surface area contributed by atoms with Gasteiger partial charge in [-0.05, 0) is 29.8 Å². The number of nitrogens with one attached hydrogen (secondary N) is 1. The van der Waals surface area contributed by atoms with Crippen molar-refractivity contribution in [3.63, 3.8) is 0 Å². The van der Waals surface area contributed by atoms with Gasteiger partial charge in [0.25, 0.3) is 11.8 Å². The molecule has 0 aliphatic carbocycles. The van der Waals surface area contributed by atoms with Gasteiger partial charge in [0.1, 0.15) is 11.5 Å². The van der Waals surface area contributed by atoms with Gasteiger partial charge in [-0.25, -0.2) is 0 Å². The van der Waals surface area contributed by atoms with Crippen molar-refractivity contribution in [2.24, 2.45) is 5.10 Å². The predicted molar refractivity (Wildman–Crippen MR) is 105 cm³/mol. The monoisotopic (exact) mass is 407 g/mol. The normalized spacial score (nSPS) is 13.6. The van der Waals surface area contributed by atoms with E-state index in [1.807, 2.05) is 0 Å². The van der Waals surface area contributed by atoms with Crippen LogP contribution in [0.2, 0.25) is 15.1 Å². The number of hydrogen-bond donors (Lipinski definition) is 1. The predicted octanol–water partition coefficient (Wildman–Crippen LogP) is 4.77. The lowest BCUT2D eigenvalue weighted by molar-refractivity contribution is -0.116. The van der Waals surface area contributed by atoms with Gasteiger partial charge in [-0.15, -0.1) is 0 Å². The molecule has 1 aliphatic heterocycles. The molecule has 0 atom stereocenters. The smallest absolute Gasteiger partial charge is 0.256 e. The minimum absolute atomic E-state index is 0.0776. The second kappa shape index (κ2) is 7.50. The van der Waals surface area contributed by atoms with Crippen LogP contribution in [-0.4, -0.2) is 17.6 Å². The molecule has 0 fully saturated rings. The van der Waals surface area contributed by atoms with Crippen LogP contribution in [0.3, 0.4) is 0 Å². The Bertz CT molecular complexity index is 916. The number of amides is 2. The fourth-order valence-electron chi connectivity index (χ4n) is 2.38. The summed E-state index contributed by atoms with van der Waals surface area (Å²) in [5.74, 6) is -0.536. The van der Waals surface area contributed by atoms with Crippen LogP contribution in [0.25, 0.3) is 6.08 Å². The van der Waals surface area contributed by atoms with E-state index in [4.69, 9.17) is 34.8 Å². The summed E-state index contributed by atoms with van der Waals surface area (Å²) in [5.41, 5.74) is 1.56. The lowest BCUT2D eigenvalue weighted by Gasteiger charge is -2.15. The third-order valence-electron chi connectivity index (χ3n) is 3.64. The standard InChI is InChI=1S/C18H12Cl3N3O2/c1-2-10-3-5-11(6-4-10)18(26)22-15-9-16(25)24(23-15)17-13(20)7-12(19)8-14(17)21/h2-8H,1,9H2,(H,22,23,26). The molecule has 0 radical (unpaired) electrons. The number of anilines is 1. The van der Waals surface area contributed by atoms with Gasteiger partial charge in [-0.3, -0.25) is 9.59 Å². The fourth-order valence-corrected chi connectivity index (χ4v) is 3.36. The van der Waals surface area contributed by atoms with Crippen molar-refractivity contribution < 1.29 is 9.59 Å². The van der Waals surface area contributed by atoms with E-state index < -0.39 is 0 Å². The Morgan fingerprint density at radius 1 is 1.15 bits per heavy atom. The van der Waals surface area contributed by atoms with Crippen LogP contribution in [0.4, 0.5) is 5.69 Å². The highest BCUT2D eigenvalue weighted by molar-refractivity contribution is 6.42. The molecule has 3 rings (SSSR count). The first kappa shape index (κ1) is 18.5. The molecule has 0 unspecified atom stereocenters. The number of amidine groups is 1. The quantitative estimate of drug-likeness (QED) is 0.795. The molecule has 0 spiro atoms. The van der Waals surface area contributed by atoms with Crippen molar-refractivity contribution in [1.29, 1.82) is 0 Å². The molecular weight excluding hydrogens is 397 g/mol. The SMILES string of the molecule is C=Cc1ccc(C(=O)NC2=NN(c3c(Cl)cc(Cl)cc3Cl)C(=O)C2)cc1. The van der Waals surface area contributed by atoms with E-state index in [1.54, 1.807) is 30.3 Å². The topological polar surface area (TPSA) is 61.8 Å². The van der Waals surface area contributed by atoms with Gasteiger partial charge in [0.05, 0.1) is 16.5 Å². The highest BCUT2D eigenvalue weighted by Crippen LogP contribution is 2.38. The van der Waals surface area contributed by atoms with Crippen LogP contribution >= 0.6 is 34.8 Å². The van der Waals surface area contributed by atoms with Gasteiger partial charge in [0, 0.05) is 10.6 Å². The average Bonchev–Trinajstić information content (AvgIpc) is 2.94. The minimum atomic E-state index is -0.373. The average molecular weight is 409 g/mol. The Labute approximate surface area is 164 Å². The Hall–Kier alpha value is -2.34. The molecular formula is C18H12Cl3N3O2. The van der Waals surface area contributed by atoms with Crippen molar-refractivity contribution in [2.45, 2.75) is 6.42 Å². The van der Waals surface area contributed by atoms with Gasteiger partial charge < -0.3 is 5.32 Å². The van der Waals surface area contributed by atoms with Crippen molar-refractivity contribution in [3.8, 4) is 0 Å². The lowest BCUT2D eigenvalue weighted by Crippen LogP contribution is -2.29. The summed E-state index contributed by atoms with van der Waals surface area (Å²) in [7, 11) is 0. The van der Waals surface area contributed by atoms with Gasteiger partial charge >= 0.3 is 0 Å². The molecule has 1 N–H and O–H groups in total. The maximum atomic E-state index is 12.3. The molecule has 26 heavy (non-hydrogen) atoms. The van der Waals surface area contributed by atoms with E-state index in [0.29, 0.717) is 10.6 Å². The number of carbonyl (C=O) groups excluding carboxylic acids is 2. The van der Waals surface area contributed by atoms with Gasteiger partial charge in [0.2, 0.25) is 0 Å². The molecule has 5 nitrogen and oxygen atoms in total. The summed E-state index contributed by atoms with van der Waals surface area (Å²) in [6.45, 7) is 3.66. The largest absolute Gasteiger partial charge is 0.308 e. The first-order valence-corrected chi connectivity index (χ1v) is 8.61. The van der Waals surface area contributed by atoms with Crippen LogP contribution in [0.15, 0.2) is 48.1 Å². The molecule has 0 saturated heterocycles. The number of hydrazone groups is 1. The molecule has 0 aromatic heterocycles. The summed E-state index contributed by atoms with van der Waals surface area (Å²) >= 11 is 18.1. The van der Waals surface area contributed by atoms with E-state index in [0.717, 1.165) is 10.6 Å². The number of benzene rings is 2. The molecule has 2 aromatic carbocycles. The fraction of sp³-hybridized carbons (Fsp3) is 0.0556. The number of rotatable bonds is 3. The van der Waals surface area contributed by atoms with Crippen molar-refractivity contribution >= 4 is 64.2 Å². The zero-order valence-electron chi connectivity index (χ0n) is 13.3. The molecule has 1 aliphatic rings. The van der Waals surface area contributed by atoms with E-state index >= 15 is 0 Å². The zero-order chi connectivity index (χ0) is 18.8. The summed E-state index contributed by atoms with van der Waals surface area (Å²) in [5, 5.41) is 8.54. The zero-order valence-corrected chi connectivity index (χ0v) is 15.6. The Balaban J connectivity index is 1.82. The molecule has 132 valence electrons. The maximum Gasteiger partial charge on any atom is 0.256 e. The number of carbonyl (C=O) groups is 2. The third-order valence-corrected chi connectivity index (χ3v) is 4.43. The Morgan fingerprint density at radius 3 is 2.35 bits per heavy atom. The lowest BCUT2D eigenvalue weighted by atomic mass is 10.1. The Morgan fingerprint density at radius 2 is 1.77 bits per heavy atom. The summed E-state index contributed by atoms with van der Waals surface area (Å²) < 4.78 is 0.